The van der Waals surface area contributed by atoms with Crippen LogP contribution in [0.3, 0.4) is 0 Å². The van der Waals surface area contributed by atoms with E-state index in [1.165, 1.54) is 17.0 Å². The first-order chi connectivity index (χ1) is 12.5. The lowest BCUT2D eigenvalue weighted by molar-refractivity contribution is -0.126. The fourth-order valence-electron chi connectivity index (χ4n) is 3.26. The number of aryl methyl sites for hydroxylation is 2. The molecule has 7 heteroatoms. The molecule has 0 unspecified atom stereocenters. The van der Waals surface area contributed by atoms with Crippen LogP contribution in [0.4, 0.5) is 10.1 Å². The molecule has 1 N–H and O–H groups in total. The van der Waals surface area contributed by atoms with Gasteiger partial charge in [-0.3, -0.25) is 9.59 Å². The predicted octanol–water partition coefficient (Wildman–Crippen LogP) is 2.53. The Hall–Kier alpha value is -2.70. The molecule has 0 aliphatic carbocycles. The van der Waals surface area contributed by atoms with Crippen molar-refractivity contribution in [2.45, 2.75) is 33.1 Å². The van der Waals surface area contributed by atoms with Crippen molar-refractivity contribution in [1.29, 1.82) is 0 Å². The molecule has 1 aliphatic heterocycles. The molecule has 1 fully saturated rings. The second-order valence-corrected chi connectivity index (χ2v) is 6.58. The third kappa shape index (κ3) is 3.92. The Morgan fingerprint density at radius 2 is 2.23 bits per heavy atom. The lowest BCUT2D eigenvalue weighted by atomic mass is 10.1. The first-order valence-electron chi connectivity index (χ1n) is 8.71. The Labute approximate surface area is 151 Å². The van der Waals surface area contributed by atoms with E-state index in [9.17, 15) is 14.0 Å². The molecule has 2 amide bonds. The first-order valence-corrected chi connectivity index (χ1v) is 8.71. The topological polar surface area (TPSA) is 75.4 Å². The number of carbonyl (C=O) groups excluding carboxylic acids is 2. The third-order valence-corrected chi connectivity index (χ3v) is 4.70. The van der Waals surface area contributed by atoms with Gasteiger partial charge in [-0.1, -0.05) is 11.2 Å². The van der Waals surface area contributed by atoms with Crippen LogP contribution in [-0.4, -0.2) is 30.1 Å². The average molecular weight is 359 g/mol. The van der Waals surface area contributed by atoms with Gasteiger partial charge in [0.1, 0.15) is 11.6 Å². The zero-order valence-corrected chi connectivity index (χ0v) is 14.9. The molecule has 0 bridgehead atoms. The molecular weight excluding hydrogens is 337 g/mol. The number of hydrogen-bond acceptors (Lipinski definition) is 4. The number of benzene rings is 1. The molecule has 138 valence electrons. The summed E-state index contributed by atoms with van der Waals surface area (Å²) in [5.74, 6) is -0.309. The van der Waals surface area contributed by atoms with Crippen molar-refractivity contribution in [2.75, 3.05) is 18.0 Å². The Bertz CT molecular complexity index is 799. The fraction of sp³-hybridized carbons (Fsp3) is 0.421. The van der Waals surface area contributed by atoms with Gasteiger partial charge < -0.3 is 14.7 Å². The van der Waals surface area contributed by atoms with Crippen LogP contribution in [0.25, 0.3) is 0 Å². The van der Waals surface area contributed by atoms with E-state index in [1.54, 1.807) is 12.1 Å². The maximum absolute atomic E-state index is 13.4. The van der Waals surface area contributed by atoms with Crippen molar-refractivity contribution in [3.8, 4) is 0 Å². The van der Waals surface area contributed by atoms with Crippen molar-refractivity contribution in [3.05, 3.63) is 47.1 Å². The molecule has 26 heavy (non-hydrogen) atoms. The summed E-state index contributed by atoms with van der Waals surface area (Å²) in [6.45, 7) is 4.57. The van der Waals surface area contributed by atoms with Crippen LogP contribution in [0, 0.1) is 25.6 Å². The minimum Gasteiger partial charge on any atom is -0.361 e. The number of halogens is 1. The SMILES string of the molecule is Cc1noc(C)c1CCCNC(=O)[C@H]1CC(=O)N(c2cccc(F)c2)C1. The highest BCUT2D eigenvalue weighted by molar-refractivity contribution is 6.00. The van der Waals surface area contributed by atoms with Gasteiger partial charge in [-0.05, 0) is 44.9 Å². The van der Waals surface area contributed by atoms with E-state index in [0.29, 0.717) is 12.2 Å². The number of aromatic nitrogens is 1. The van der Waals surface area contributed by atoms with E-state index in [1.807, 2.05) is 13.8 Å². The van der Waals surface area contributed by atoms with Gasteiger partial charge in [0.25, 0.3) is 0 Å². The normalized spacial score (nSPS) is 17.0. The average Bonchev–Trinajstić information content (AvgIpc) is 3.15. The molecule has 0 saturated carbocycles. The molecule has 1 atom stereocenters. The van der Waals surface area contributed by atoms with Gasteiger partial charge in [-0.15, -0.1) is 0 Å². The number of anilines is 1. The fourth-order valence-corrected chi connectivity index (χ4v) is 3.26. The van der Waals surface area contributed by atoms with Gasteiger partial charge in [-0.2, -0.15) is 0 Å². The summed E-state index contributed by atoms with van der Waals surface area (Å²) in [4.78, 5) is 26.0. The van der Waals surface area contributed by atoms with E-state index in [2.05, 4.69) is 10.5 Å². The standard InChI is InChI=1S/C19H22FN3O3/c1-12-17(13(2)26-22-12)7-4-8-21-19(25)14-9-18(24)23(11-14)16-6-3-5-15(20)10-16/h3,5-6,10,14H,4,7-9,11H2,1-2H3,(H,21,25)/t14-/m0/s1. The first kappa shape index (κ1) is 18.1. The third-order valence-electron chi connectivity index (χ3n) is 4.70. The van der Waals surface area contributed by atoms with Gasteiger partial charge in [0, 0.05) is 30.8 Å². The number of hydrogen-bond donors (Lipinski definition) is 1. The van der Waals surface area contributed by atoms with Crippen LogP contribution in [0.5, 0.6) is 0 Å². The molecule has 0 radical (unpaired) electrons. The molecule has 2 heterocycles. The zero-order chi connectivity index (χ0) is 18.7. The van der Waals surface area contributed by atoms with E-state index < -0.39 is 11.7 Å². The number of nitrogens with zero attached hydrogens (tertiary/aromatic N) is 2. The molecular formula is C19H22FN3O3. The van der Waals surface area contributed by atoms with Crippen LogP contribution in [0.1, 0.15) is 29.9 Å². The highest BCUT2D eigenvalue weighted by Crippen LogP contribution is 2.25. The number of carbonyl (C=O) groups is 2. The Morgan fingerprint density at radius 3 is 2.92 bits per heavy atom. The summed E-state index contributed by atoms with van der Waals surface area (Å²) in [5, 5.41) is 6.80. The molecule has 2 aromatic rings. The van der Waals surface area contributed by atoms with Gasteiger partial charge in [0.2, 0.25) is 11.8 Å². The predicted molar refractivity (Wildman–Crippen MR) is 94.2 cm³/mol. The molecule has 6 nitrogen and oxygen atoms in total. The summed E-state index contributed by atoms with van der Waals surface area (Å²) in [5.41, 5.74) is 2.44. The van der Waals surface area contributed by atoms with Crippen molar-refractivity contribution in [1.82, 2.24) is 10.5 Å². The van der Waals surface area contributed by atoms with Gasteiger partial charge in [0.05, 0.1) is 11.6 Å². The van der Waals surface area contributed by atoms with Crippen LogP contribution >= 0.6 is 0 Å². The number of nitrogens with one attached hydrogen (secondary N) is 1. The van der Waals surface area contributed by atoms with Crippen molar-refractivity contribution >= 4 is 17.5 Å². The van der Waals surface area contributed by atoms with Crippen LogP contribution in [0.15, 0.2) is 28.8 Å². The lowest BCUT2D eigenvalue weighted by Gasteiger charge is -2.16. The lowest BCUT2D eigenvalue weighted by Crippen LogP contribution is -2.33. The molecule has 0 spiro atoms. The Morgan fingerprint density at radius 1 is 1.42 bits per heavy atom. The summed E-state index contributed by atoms with van der Waals surface area (Å²) < 4.78 is 18.5. The van der Waals surface area contributed by atoms with E-state index in [-0.39, 0.29) is 24.8 Å². The minimum absolute atomic E-state index is 0.143. The van der Waals surface area contributed by atoms with E-state index in [0.717, 1.165) is 29.9 Å². The smallest absolute Gasteiger partial charge is 0.227 e. The largest absolute Gasteiger partial charge is 0.361 e. The summed E-state index contributed by atoms with van der Waals surface area (Å²) in [6, 6.07) is 5.86. The molecule has 1 aliphatic rings. The number of rotatable bonds is 6. The zero-order valence-electron chi connectivity index (χ0n) is 14.9. The van der Waals surface area contributed by atoms with Gasteiger partial charge in [-0.25, -0.2) is 4.39 Å². The van der Waals surface area contributed by atoms with Crippen molar-refractivity contribution in [2.24, 2.45) is 5.92 Å². The van der Waals surface area contributed by atoms with Crippen LogP contribution in [-0.2, 0) is 16.0 Å². The molecule has 3 rings (SSSR count). The Balaban J connectivity index is 1.49. The number of amides is 2. The highest BCUT2D eigenvalue weighted by atomic mass is 19.1. The quantitative estimate of drug-likeness (QED) is 0.804. The van der Waals surface area contributed by atoms with Crippen LogP contribution in [0.2, 0.25) is 0 Å². The minimum atomic E-state index is -0.412. The Kier molecular flexibility index (Phi) is 5.35. The monoisotopic (exact) mass is 359 g/mol. The second-order valence-electron chi connectivity index (χ2n) is 6.58. The molecule has 1 aromatic heterocycles. The van der Waals surface area contributed by atoms with Crippen LogP contribution < -0.4 is 10.2 Å². The van der Waals surface area contributed by atoms with Crippen molar-refractivity contribution in [3.63, 3.8) is 0 Å². The summed E-state index contributed by atoms with van der Waals surface area (Å²) in [7, 11) is 0. The molecule has 1 aromatic carbocycles. The summed E-state index contributed by atoms with van der Waals surface area (Å²) >= 11 is 0. The summed E-state index contributed by atoms with van der Waals surface area (Å²) in [6.07, 6.45) is 1.69. The van der Waals surface area contributed by atoms with E-state index in [4.69, 9.17) is 4.52 Å². The van der Waals surface area contributed by atoms with Gasteiger partial charge in [0.15, 0.2) is 0 Å². The van der Waals surface area contributed by atoms with E-state index >= 15 is 0 Å². The molecule has 1 saturated heterocycles. The highest BCUT2D eigenvalue weighted by Gasteiger charge is 2.35. The second kappa shape index (κ2) is 7.68. The van der Waals surface area contributed by atoms with Gasteiger partial charge >= 0.3 is 0 Å². The maximum Gasteiger partial charge on any atom is 0.227 e. The van der Waals surface area contributed by atoms with Crippen molar-refractivity contribution < 1.29 is 18.5 Å². The maximum atomic E-state index is 13.4.